The SMILES string of the molecule is CCC[C@@H](/C=C/C(=O)N1CCc2ccccc21)NC(=O)[C@H](C)N. The highest BCUT2D eigenvalue weighted by molar-refractivity contribution is 6.03. The van der Waals surface area contributed by atoms with Crippen molar-refractivity contribution in [1.82, 2.24) is 5.32 Å². The number of amides is 2. The molecule has 1 aliphatic rings. The van der Waals surface area contributed by atoms with Crippen LogP contribution in [0.5, 0.6) is 0 Å². The Bertz CT molecular complexity index is 596. The van der Waals surface area contributed by atoms with Gasteiger partial charge in [-0.25, -0.2) is 0 Å². The van der Waals surface area contributed by atoms with Crippen molar-refractivity contribution in [3.63, 3.8) is 0 Å². The van der Waals surface area contributed by atoms with Crippen LogP contribution in [0.3, 0.4) is 0 Å². The molecule has 124 valence electrons. The Hall–Kier alpha value is -2.14. The van der Waals surface area contributed by atoms with Crippen molar-refractivity contribution < 1.29 is 9.59 Å². The summed E-state index contributed by atoms with van der Waals surface area (Å²) in [5.74, 6) is -0.252. The van der Waals surface area contributed by atoms with Crippen LogP contribution in [-0.2, 0) is 16.0 Å². The molecule has 2 rings (SSSR count). The lowest BCUT2D eigenvalue weighted by Crippen LogP contribution is -2.43. The molecule has 0 spiro atoms. The van der Waals surface area contributed by atoms with Gasteiger partial charge in [-0.05, 0) is 31.4 Å². The van der Waals surface area contributed by atoms with Gasteiger partial charge in [0.25, 0.3) is 5.91 Å². The number of rotatable bonds is 6. The molecule has 0 saturated heterocycles. The lowest BCUT2D eigenvalue weighted by atomic mass is 10.1. The van der Waals surface area contributed by atoms with Gasteiger partial charge in [0.2, 0.25) is 5.91 Å². The van der Waals surface area contributed by atoms with E-state index in [1.165, 1.54) is 5.56 Å². The van der Waals surface area contributed by atoms with Crippen LogP contribution in [0.15, 0.2) is 36.4 Å². The molecule has 5 nitrogen and oxygen atoms in total. The molecular formula is C18H25N3O2. The van der Waals surface area contributed by atoms with Crippen molar-refractivity contribution in [2.24, 2.45) is 5.73 Å². The summed E-state index contributed by atoms with van der Waals surface area (Å²) in [6.45, 7) is 4.39. The Morgan fingerprint density at radius 1 is 1.39 bits per heavy atom. The van der Waals surface area contributed by atoms with Gasteiger partial charge in [-0.15, -0.1) is 0 Å². The minimum absolute atomic E-state index is 0.0499. The molecule has 0 bridgehead atoms. The summed E-state index contributed by atoms with van der Waals surface area (Å²) in [4.78, 5) is 25.9. The van der Waals surface area contributed by atoms with Gasteiger partial charge in [0.15, 0.2) is 0 Å². The van der Waals surface area contributed by atoms with E-state index in [0.29, 0.717) is 6.54 Å². The second kappa shape index (κ2) is 7.92. The third-order valence-electron chi connectivity index (χ3n) is 3.97. The largest absolute Gasteiger partial charge is 0.349 e. The number of nitrogens with zero attached hydrogens (tertiary/aromatic N) is 1. The predicted octanol–water partition coefficient (Wildman–Crippen LogP) is 1.76. The van der Waals surface area contributed by atoms with Crippen LogP contribution < -0.4 is 16.0 Å². The number of carbonyl (C=O) groups is 2. The van der Waals surface area contributed by atoms with Crippen LogP contribution in [0.2, 0.25) is 0 Å². The van der Waals surface area contributed by atoms with E-state index < -0.39 is 6.04 Å². The fourth-order valence-corrected chi connectivity index (χ4v) is 2.70. The summed E-state index contributed by atoms with van der Waals surface area (Å²) >= 11 is 0. The van der Waals surface area contributed by atoms with E-state index in [2.05, 4.69) is 11.4 Å². The summed E-state index contributed by atoms with van der Waals surface area (Å²) in [5, 5.41) is 2.86. The average Bonchev–Trinajstić information content (AvgIpc) is 2.96. The number of anilines is 1. The first-order chi connectivity index (χ1) is 11.0. The lowest BCUT2D eigenvalue weighted by Gasteiger charge is -2.18. The Morgan fingerprint density at radius 3 is 2.83 bits per heavy atom. The maximum atomic E-state index is 12.4. The van der Waals surface area contributed by atoms with E-state index in [9.17, 15) is 9.59 Å². The zero-order valence-corrected chi connectivity index (χ0v) is 13.8. The van der Waals surface area contributed by atoms with Crippen LogP contribution in [0, 0.1) is 0 Å². The van der Waals surface area contributed by atoms with Crippen LogP contribution in [-0.4, -0.2) is 30.4 Å². The van der Waals surface area contributed by atoms with Crippen molar-refractivity contribution in [2.75, 3.05) is 11.4 Å². The van der Waals surface area contributed by atoms with Crippen LogP contribution in [0.4, 0.5) is 5.69 Å². The van der Waals surface area contributed by atoms with Crippen molar-refractivity contribution >= 4 is 17.5 Å². The van der Waals surface area contributed by atoms with Crippen LogP contribution in [0.25, 0.3) is 0 Å². The number of fused-ring (bicyclic) bond motifs is 1. The number of hydrogen-bond donors (Lipinski definition) is 2. The second-order valence-corrected chi connectivity index (χ2v) is 5.92. The number of nitrogens with one attached hydrogen (secondary N) is 1. The second-order valence-electron chi connectivity index (χ2n) is 5.92. The molecule has 1 aromatic carbocycles. The molecule has 0 unspecified atom stereocenters. The molecule has 0 aromatic heterocycles. The number of nitrogens with two attached hydrogens (primary N) is 1. The molecule has 0 saturated carbocycles. The summed E-state index contributed by atoms with van der Waals surface area (Å²) in [5.41, 5.74) is 7.76. The summed E-state index contributed by atoms with van der Waals surface area (Å²) < 4.78 is 0. The van der Waals surface area contributed by atoms with Gasteiger partial charge in [0.05, 0.1) is 6.04 Å². The van der Waals surface area contributed by atoms with Crippen molar-refractivity contribution in [3.8, 4) is 0 Å². The highest BCUT2D eigenvalue weighted by Crippen LogP contribution is 2.27. The fourth-order valence-electron chi connectivity index (χ4n) is 2.70. The highest BCUT2D eigenvalue weighted by Gasteiger charge is 2.22. The highest BCUT2D eigenvalue weighted by atomic mass is 16.2. The summed E-state index contributed by atoms with van der Waals surface area (Å²) in [6.07, 6.45) is 5.90. The lowest BCUT2D eigenvalue weighted by molar-refractivity contribution is -0.122. The van der Waals surface area contributed by atoms with E-state index in [4.69, 9.17) is 5.73 Å². The third kappa shape index (κ3) is 4.42. The Kier molecular flexibility index (Phi) is 5.93. The summed E-state index contributed by atoms with van der Waals surface area (Å²) in [6, 6.07) is 7.23. The number of para-hydroxylation sites is 1. The van der Waals surface area contributed by atoms with E-state index in [-0.39, 0.29) is 17.9 Å². The van der Waals surface area contributed by atoms with Gasteiger partial charge in [-0.3, -0.25) is 9.59 Å². The summed E-state index contributed by atoms with van der Waals surface area (Å²) in [7, 11) is 0. The average molecular weight is 315 g/mol. The van der Waals surface area contributed by atoms with E-state index >= 15 is 0 Å². The molecule has 1 aromatic rings. The molecule has 0 fully saturated rings. The quantitative estimate of drug-likeness (QED) is 0.786. The molecule has 2 amide bonds. The Morgan fingerprint density at radius 2 is 2.13 bits per heavy atom. The molecule has 0 aliphatic carbocycles. The number of benzene rings is 1. The van der Waals surface area contributed by atoms with Crippen LogP contribution >= 0.6 is 0 Å². The smallest absolute Gasteiger partial charge is 0.250 e. The minimum atomic E-state index is -0.552. The predicted molar refractivity (Wildman–Crippen MR) is 92.1 cm³/mol. The van der Waals surface area contributed by atoms with Gasteiger partial charge < -0.3 is 16.0 Å². The first kappa shape index (κ1) is 17.2. The molecule has 1 heterocycles. The molecule has 3 N–H and O–H groups in total. The fraction of sp³-hybridized carbons (Fsp3) is 0.444. The minimum Gasteiger partial charge on any atom is -0.349 e. The van der Waals surface area contributed by atoms with Crippen LogP contribution in [0.1, 0.15) is 32.3 Å². The molecule has 0 radical (unpaired) electrons. The van der Waals surface area contributed by atoms with E-state index in [0.717, 1.165) is 24.9 Å². The first-order valence-electron chi connectivity index (χ1n) is 8.16. The zero-order valence-electron chi connectivity index (χ0n) is 13.8. The van der Waals surface area contributed by atoms with E-state index in [1.807, 2.05) is 25.1 Å². The van der Waals surface area contributed by atoms with Gasteiger partial charge in [-0.1, -0.05) is 37.6 Å². The Labute approximate surface area is 137 Å². The van der Waals surface area contributed by atoms with Crippen molar-refractivity contribution in [1.29, 1.82) is 0 Å². The topological polar surface area (TPSA) is 75.4 Å². The molecule has 5 heteroatoms. The van der Waals surface area contributed by atoms with E-state index in [1.54, 1.807) is 24.0 Å². The first-order valence-corrected chi connectivity index (χ1v) is 8.16. The maximum absolute atomic E-state index is 12.4. The molecular weight excluding hydrogens is 290 g/mol. The van der Waals surface area contributed by atoms with Gasteiger partial charge in [-0.2, -0.15) is 0 Å². The van der Waals surface area contributed by atoms with Gasteiger partial charge in [0, 0.05) is 24.4 Å². The molecule has 23 heavy (non-hydrogen) atoms. The molecule has 2 atom stereocenters. The standard InChI is InChI=1S/C18H25N3O2/c1-3-6-15(20-18(23)13(2)19)9-10-17(22)21-12-11-14-7-4-5-8-16(14)21/h4-5,7-10,13,15H,3,6,11-12,19H2,1-2H3,(H,20,23)/b10-9+/t13-,15-/m0/s1. The maximum Gasteiger partial charge on any atom is 0.250 e. The zero-order chi connectivity index (χ0) is 16.8. The Balaban J connectivity index is 2.02. The van der Waals surface area contributed by atoms with Gasteiger partial charge >= 0.3 is 0 Å². The van der Waals surface area contributed by atoms with Crippen molar-refractivity contribution in [3.05, 3.63) is 42.0 Å². The normalized spacial score (nSPS) is 16.2. The number of carbonyl (C=O) groups excluding carboxylic acids is 2. The molecule has 1 aliphatic heterocycles. The third-order valence-corrected chi connectivity index (χ3v) is 3.97. The number of hydrogen-bond acceptors (Lipinski definition) is 3. The monoisotopic (exact) mass is 315 g/mol. The van der Waals surface area contributed by atoms with Gasteiger partial charge in [0.1, 0.15) is 0 Å². The van der Waals surface area contributed by atoms with Crippen molar-refractivity contribution in [2.45, 2.75) is 45.2 Å².